The number of nitriles is 1. The van der Waals surface area contributed by atoms with Gasteiger partial charge in [0.05, 0.1) is 6.07 Å². The molecule has 0 aromatic heterocycles. The molecule has 0 fully saturated rings. The number of hydrogen-bond acceptors (Lipinski definition) is 4. The Hall–Kier alpha value is -2.33. The molecule has 2 N–H and O–H groups in total. The Morgan fingerprint density at radius 1 is 1.52 bits per heavy atom. The Morgan fingerprint density at radius 2 is 2.24 bits per heavy atom. The molecule has 21 heavy (non-hydrogen) atoms. The predicted molar refractivity (Wildman–Crippen MR) is 79.7 cm³/mol. The molecule has 0 aliphatic rings. The van der Waals surface area contributed by atoms with Gasteiger partial charge in [-0.1, -0.05) is 15.9 Å². The third-order valence-electron chi connectivity index (χ3n) is 2.39. The summed E-state index contributed by atoms with van der Waals surface area (Å²) in [6, 6.07) is 5.27. The first kappa shape index (κ1) is 16.7. The molecule has 0 saturated carbocycles. The fourth-order valence-electron chi connectivity index (χ4n) is 1.56. The van der Waals surface area contributed by atoms with Gasteiger partial charge < -0.3 is 15.2 Å². The minimum absolute atomic E-state index is 0.0900. The lowest BCUT2D eigenvalue weighted by Gasteiger charge is -2.12. The molecule has 1 amide bonds. The minimum Gasteiger partial charge on any atom is -0.483 e. The van der Waals surface area contributed by atoms with E-state index in [1.807, 2.05) is 0 Å². The lowest BCUT2D eigenvalue weighted by Crippen LogP contribution is -2.29. The number of benzene rings is 1. The van der Waals surface area contributed by atoms with Gasteiger partial charge in [0, 0.05) is 16.1 Å². The Balaban J connectivity index is 2.92. The van der Waals surface area contributed by atoms with E-state index in [0.29, 0.717) is 11.3 Å². The van der Waals surface area contributed by atoms with Gasteiger partial charge in [0.15, 0.2) is 6.61 Å². The molecule has 0 atom stereocenters. The lowest BCUT2D eigenvalue weighted by atomic mass is 10.1. The highest BCUT2D eigenvalue weighted by atomic mass is 79.9. The van der Waals surface area contributed by atoms with Gasteiger partial charge in [-0.15, -0.1) is 0 Å². The number of ether oxygens (including phenoxy) is 1. The fourth-order valence-corrected chi connectivity index (χ4v) is 2.15. The summed E-state index contributed by atoms with van der Waals surface area (Å²) in [5.74, 6) is -1.08. The van der Waals surface area contributed by atoms with E-state index < -0.39 is 11.9 Å². The van der Waals surface area contributed by atoms with Crippen LogP contribution in [0.5, 0.6) is 5.75 Å². The summed E-state index contributed by atoms with van der Waals surface area (Å²) in [4.78, 5) is 22.0. The lowest BCUT2D eigenvalue weighted by molar-refractivity contribution is -0.131. The summed E-state index contributed by atoms with van der Waals surface area (Å²) in [7, 11) is 0. The van der Waals surface area contributed by atoms with Crippen LogP contribution in [0.1, 0.15) is 11.1 Å². The summed E-state index contributed by atoms with van der Waals surface area (Å²) in [6.07, 6.45) is 2.38. The number of carboxylic acids is 1. The van der Waals surface area contributed by atoms with Crippen LogP contribution in [0.2, 0.25) is 0 Å². The van der Waals surface area contributed by atoms with Crippen LogP contribution in [0.4, 0.5) is 0 Å². The molecule has 1 rings (SSSR count). The van der Waals surface area contributed by atoms with Gasteiger partial charge in [-0.3, -0.25) is 4.79 Å². The highest BCUT2D eigenvalue weighted by Gasteiger charge is 2.10. The standard InChI is InChI=1S/C14H13BrN2O4/c1-9-6-11(15)7-10(2-3-13(19)20)14(9)21-8-12(18)17-5-4-16/h2-3,6-7H,5,8H2,1H3,(H,17,18)(H,19,20)/b3-2+. The maximum Gasteiger partial charge on any atom is 0.328 e. The van der Waals surface area contributed by atoms with E-state index >= 15 is 0 Å². The number of carbonyl (C=O) groups is 2. The second-order valence-electron chi connectivity index (χ2n) is 4.04. The Morgan fingerprint density at radius 3 is 2.86 bits per heavy atom. The zero-order chi connectivity index (χ0) is 15.8. The van der Waals surface area contributed by atoms with Crippen molar-refractivity contribution in [1.29, 1.82) is 5.26 Å². The van der Waals surface area contributed by atoms with Crippen LogP contribution in [-0.2, 0) is 9.59 Å². The molecule has 0 bridgehead atoms. The first-order chi connectivity index (χ1) is 9.93. The summed E-state index contributed by atoms with van der Waals surface area (Å²) in [5, 5.41) is 19.4. The monoisotopic (exact) mass is 352 g/mol. The van der Waals surface area contributed by atoms with E-state index in [4.69, 9.17) is 15.1 Å². The Kier molecular flexibility index (Phi) is 6.43. The van der Waals surface area contributed by atoms with E-state index in [-0.39, 0.29) is 13.2 Å². The summed E-state index contributed by atoms with van der Waals surface area (Å²) in [5.41, 5.74) is 1.29. The van der Waals surface area contributed by atoms with Crippen molar-refractivity contribution < 1.29 is 19.4 Å². The topological polar surface area (TPSA) is 99.4 Å². The largest absolute Gasteiger partial charge is 0.483 e. The van der Waals surface area contributed by atoms with Gasteiger partial charge in [0.25, 0.3) is 5.91 Å². The molecule has 0 aliphatic heterocycles. The van der Waals surface area contributed by atoms with Gasteiger partial charge in [0.1, 0.15) is 12.3 Å². The average Bonchev–Trinajstić information content (AvgIpc) is 2.41. The first-order valence-electron chi connectivity index (χ1n) is 5.91. The van der Waals surface area contributed by atoms with Crippen molar-refractivity contribution in [2.75, 3.05) is 13.2 Å². The number of amides is 1. The molecule has 0 aliphatic carbocycles. The third kappa shape index (κ3) is 5.67. The smallest absolute Gasteiger partial charge is 0.328 e. The summed E-state index contributed by atoms with van der Waals surface area (Å²) < 4.78 is 6.20. The second-order valence-corrected chi connectivity index (χ2v) is 4.95. The molecule has 0 spiro atoms. The number of carbonyl (C=O) groups excluding carboxylic acids is 1. The predicted octanol–water partition coefficient (Wildman–Crippen LogP) is 1.87. The van der Waals surface area contributed by atoms with Gasteiger partial charge in [-0.05, 0) is 30.7 Å². The zero-order valence-corrected chi connectivity index (χ0v) is 12.8. The van der Waals surface area contributed by atoms with Crippen LogP contribution in [0.3, 0.4) is 0 Å². The minimum atomic E-state index is -1.08. The maximum absolute atomic E-state index is 11.4. The zero-order valence-electron chi connectivity index (χ0n) is 11.2. The van der Waals surface area contributed by atoms with Crippen LogP contribution in [0.25, 0.3) is 6.08 Å². The third-order valence-corrected chi connectivity index (χ3v) is 2.84. The van der Waals surface area contributed by atoms with Gasteiger partial charge in [-0.25, -0.2) is 4.79 Å². The molecular weight excluding hydrogens is 340 g/mol. The van der Waals surface area contributed by atoms with Crippen LogP contribution >= 0.6 is 15.9 Å². The normalized spacial score (nSPS) is 10.1. The summed E-state index contributed by atoms with van der Waals surface area (Å²) in [6.45, 7) is 1.44. The average molecular weight is 353 g/mol. The summed E-state index contributed by atoms with van der Waals surface area (Å²) >= 11 is 3.32. The molecule has 0 heterocycles. The number of nitrogens with zero attached hydrogens (tertiary/aromatic N) is 1. The Labute approximate surface area is 130 Å². The fraction of sp³-hybridized carbons (Fsp3) is 0.214. The number of hydrogen-bond donors (Lipinski definition) is 2. The van der Waals surface area contributed by atoms with Crippen LogP contribution in [-0.4, -0.2) is 30.1 Å². The number of nitrogens with one attached hydrogen (secondary N) is 1. The van der Waals surface area contributed by atoms with Crippen LogP contribution in [0, 0.1) is 18.3 Å². The van der Waals surface area contributed by atoms with Crippen molar-refractivity contribution in [2.24, 2.45) is 0 Å². The molecule has 0 unspecified atom stereocenters. The van der Waals surface area contributed by atoms with E-state index in [0.717, 1.165) is 16.1 Å². The number of aryl methyl sites for hydroxylation is 1. The van der Waals surface area contributed by atoms with Crippen molar-refractivity contribution in [2.45, 2.75) is 6.92 Å². The van der Waals surface area contributed by atoms with E-state index in [1.54, 1.807) is 25.1 Å². The van der Waals surface area contributed by atoms with Gasteiger partial charge >= 0.3 is 5.97 Å². The van der Waals surface area contributed by atoms with Gasteiger partial charge in [-0.2, -0.15) is 5.26 Å². The molecule has 6 nitrogen and oxygen atoms in total. The van der Waals surface area contributed by atoms with E-state index in [9.17, 15) is 9.59 Å². The second kappa shape index (κ2) is 8.07. The quantitative estimate of drug-likeness (QED) is 0.601. The SMILES string of the molecule is Cc1cc(Br)cc(/C=C/C(=O)O)c1OCC(=O)NCC#N. The molecule has 0 radical (unpaired) electrons. The maximum atomic E-state index is 11.4. The number of halogens is 1. The van der Waals surface area contributed by atoms with E-state index in [1.165, 1.54) is 6.08 Å². The molecule has 1 aromatic rings. The number of carboxylic acid groups (broad SMARTS) is 1. The van der Waals surface area contributed by atoms with Crippen LogP contribution in [0.15, 0.2) is 22.7 Å². The molecule has 110 valence electrons. The highest BCUT2D eigenvalue weighted by molar-refractivity contribution is 9.10. The molecule has 0 saturated heterocycles. The first-order valence-corrected chi connectivity index (χ1v) is 6.71. The van der Waals surface area contributed by atoms with Crippen molar-refractivity contribution in [3.05, 3.63) is 33.8 Å². The van der Waals surface area contributed by atoms with Crippen molar-refractivity contribution in [3.63, 3.8) is 0 Å². The van der Waals surface area contributed by atoms with Crippen LogP contribution < -0.4 is 10.1 Å². The number of rotatable bonds is 6. The molecule has 1 aromatic carbocycles. The van der Waals surface area contributed by atoms with Gasteiger partial charge in [0.2, 0.25) is 0 Å². The van der Waals surface area contributed by atoms with E-state index in [2.05, 4.69) is 21.2 Å². The van der Waals surface area contributed by atoms with Crippen molar-refractivity contribution >= 4 is 33.9 Å². The molecule has 7 heteroatoms. The number of aliphatic carboxylic acids is 1. The van der Waals surface area contributed by atoms with Crippen molar-refractivity contribution in [1.82, 2.24) is 5.32 Å². The Bertz CT molecular complexity index is 620. The van der Waals surface area contributed by atoms with Crippen molar-refractivity contribution in [3.8, 4) is 11.8 Å². The molecular formula is C14H13BrN2O4. The highest BCUT2D eigenvalue weighted by Crippen LogP contribution is 2.29.